The van der Waals surface area contributed by atoms with Gasteiger partial charge in [-0.15, -0.1) is 11.3 Å². The molecule has 2 rings (SSSR count). The maximum atomic E-state index is 11.2. The first kappa shape index (κ1) is 7.17. The fourth-order valence-electron chi connectivity index (χ4n) is 0.822. The van der Waals surface area contributed by atoms with Gasteiger partial charge in [-0.1, -0.05) is 0 Å². The van der Waals surface area contributed by atoms with Crippen molar-refractivity contribution in [3.8, 4) is 5.13 Å². The lowest BCUT2D eigenvalue weighted by atomic mass is 10.6. The summed E-state index contributed by atoms with van der Waals surface area (Å²) in [7, 11) is 0. The molecule has 2 heterocycles. The summed E-state index contributed by atoms with van der Waals surface area (Å²) in [4.78, 5) is 15.2. The summed E-state index contributed by atoms with van der Waals surface area (Å²) >= 11 is 1.38. The molecule has 0 bridgehead atoms. The second kappa shape index (κ2) is 2.86. The van der Waals surface area contributed by atoms with E-state index in [9.17, 15) is 4.79 Å². The molecular weight excluding hydrogens is 174 g/mol. The normalized spacial score (nSPS) is 10.0. The molecule has 0 saturated carbocycles. The van der Waals surface area contributed by atoms with Gasteiger partial charge in [-0.3, -0.25) is 4.79 Å². The van der Waals surface area contributed by atoms with E-state index in [-0.39, 0.29) is 5.56 Å². The zero-order valence-electron chi connectivity index (χ0n) is 6.04. The first-order valence-corrected chi connectivity index (χ1v) is 4.20. The lowest BCUT2D eigenvalue weighted by molar-refractivity contribution is 0.799. The molecule has 0 amide bonds. The van der Waals surface area contributed by atoms with Gasteiger partial charge in [0, 0.05) is 23.8 Å². The Kier molecular flexibility index (Phi) is 1.71. The van der Waals surface area contributed by atoms with Crippen molar-refractivity contribution in [1.82, 2.24) is 14.8 Å². The largest absolute Gasteiger partial charge is 0.273 e. The third kappa shape index (κ3) is 1.14. The van der Waals surface area contributed by atoms with Gasteiger partial charge in [-0.05, 0) is 6.07 Å². The van der Waals surface area contributed by atoms with Gasteiger partial charge in [-0.2, -0.15) is 9.78 Å². The number of hydrogen-bond donors (Lipinski definition) is 0. The van der Waals surface area contributed by atoms with E-state index < -0.39 is 0 Å². The molecule has 0 radical (unpaired) electrons. The third-order valence-electron chi connectivity index (χ3n) is 1.32. The molecule has 0 aliphatic rings. The fourth-order valence-corrected chi connectivity index (χ4v) is 1.42. The maximum Gasteiger partial charge on any atom is 0.273 e. The third-order valence-corrected chi connectivity index (χ3v) is 2.06. The predicted molar refractivity (Wildman–Crippen MR) is 45.5 cm³/mol. The van der Waals surface area contributed by atoms with Crippen LogP contribution in [0.15, 0.2) is 34.7 Å². The molecule has 2 aromatic rings. The van der Waals surface area contributed by atoms with Crippen LogP contribution >= 0.6 is 11.3 Å². The minimum atomic E-state index is -0.160. The Labute approximate surface area is 72.1 Å². The molecule has 12 heavy (non-hydrogen) atoms. The second-order valence-electron chi connectivity index (χ2n) is 2.09. The average molecular weight is 179 g/mol. The molecule has 2 aromatic heterocycles. The van der Waals surface area contributed by atoms with Gasteiger partial charge < -0.3 is 0 Å². The summed E-state index contributed by atoms with van der Waals surface area (Å²) < 4.78 is 1.27. The van der Waals surface area contributed by atoms with Gasteiger partial charge >= 0.3 is 0 Å². The van der Waals surface area contributed by atoms with E-state index >= 15 is 0 Å². The molecular formula is C7H5N3OS. The van der Waals surface area contributed by atoms with Crippen LogP contribution in [0.4, 0.5) is 0 Å². The van der Waals surface area contributed by atoms with E-state index in [1.165, 1.54) is 22.1 Å². The maximum absolute atomic E-state index is 11.2. The predicted octanol–water partition coefficient (Wildman–Crippen LogP) is 0.689. The number of thiazole rings is 1. The minimum absolute atomic E-state index is 0.160. The quantitative estimate of drug-likeness (QED) is 0.647. The van der Waals surface area contributed by atoms with E-state index in [0.717, 1.165) is 0 Å². The summed E-state index contributed by atoms with van der Waals surface area (Å²) in [5.41, 5.74) is -0.160. The molecule has 0 unspecified atom stereocenters. The Bertz CT molecular complexity index is 420. The van der Waals surface area contributed by atoms with Gasteiger partial charge in [-0.25, -0.2) is 4.98 Å². The SMILES string of the molecule is O=c1cccnn1-c1nccs1. The Hall–Kier alpha value is -1.49. The highest BCUT2D eigenvalue weighted by atomic mass is 32.1. The van der Waals surface area contributed by atoms with E-state index in [1.807, 2.05) is 0 Å². The smallest absolute Gasteiger partial charge is 0.267 e. The van der Waals surface area contributed by atoms with Crippen molar-refractivity contribution in [2.24, 2.45) is 0 Å². The van der Waals surface area contributed by atoms with Crippen molar-refractivity contribution in [3.63, 3.8) is 0 Å². The topological polar surface area (TPSA) is 47.8 Å². The van der Waals surface area contributed by atoms with Crippen LogP contribution in [-0.4, -0.2) is 14.8 Å². The van der Waals surface area contributed by atoms with Crippen molar-refractivity contribution < 1.29 is 0 Å². The van der Waals surface area contributed by atoms with Crippen LogP contribution in [0.5, 0.6) is 0 Å². The molecule has 0 saturated heterocycles. The number of hydrogen-bond acceptors (Lipinski definition) is 4. The summed E-state index contributed by atoms with van der Waals surface area (Å²) in [6, 6.07) is 3.06. The monoisotopic (exact) mass is 179 g/mol. The van der Waals surface area contributed by atoms with Crippen LogP contribution in [0.1, 0.15) is 0 Å². The molecule has 0 aliphatic carbocycles. The van der Waals surface area contributed by atoms with Gasteiger partial charge in [0.05, 0.1) is 0 Å². The van der Waals surface area contributed by atoms with E-state index in [1.54, 1.807) is 23.8 Å². The van der Waals surface area contributed by atoms with Crippen LogP contribution in [0.3, 0.4) is 0 Å². The lowest BCUT2D eigenvalue weighted by Gasteiger charge is -1.95. The molecule has 0 aromatic carbocycles. The van der Waals surface area contributed by atoms with Crippen LogP contribution in [0, 0.1) is 0 Å². The molecule has 60 valence electrons. The molecule has 4 nitrogen and oxygen atoms in total. The zero-order chi connectivity index (χ0) is 8.39. The molecule has 0 fully saturated rings. The Balaban J connectivity index is 2.63. The van der Waals surface area contributed by atoms with E-state index in [0.29, 0.717) is 5.13 Å². The van der Waals surface area contributed by atoms with Crippen LogP contribution in [0.25, 0.3) is 5.13 Å². The molecule has 0 atom stereocenters. The van der Waals surface area contributed by atoms with Crippen molar-refractivity contribution >= 4 is 11.3 Å². The van der Waals surface area contributed by atoms with E-state index in [2.05, 4.69) is 10.1 Å². The number of nitrogens with zero attached hydrogens (tertiary/aromatic N) is 3. The first-order chi connectivity index (χ1) is 5.88. The van der Waals surface area contributed by atoms with Crippen molar-refractivity contribution in [3.05, 3.63) is 40.3 Å². The molecule has 0 spiro atoms. The van der Waals surface area contributed by atoms with Crippen molar-refractivity contribution in [2.75, 3.05) is 0 Å². The summed E-state index contributed by atoms with van der Waals surface area (Å²) in [6.07, 6.45) is 3.20. The summed E-state index contributed by atoms with van der Waals surface area (Å²) in [5.74, 6) is 0. The van der Waals surface area contributed by atoms with Gasteiger partial charge in [0.2, 0.25) is 5.13 Å². The second-order valence-corrected chi connectivity index (χ2v) is 2.96. The highest BCUT2D eigenvalue weighted by Crippen LogP contribution is 2.05. The lowest BCUT2D eigenvalue weighted by Crippen LogP contribution is -2.18. The van der Waals surface area contributed by atoms with Crippen LogP contribution in [0.2, 0.25) is 0 Å². The Morgan fingerprint density at radius 1 is 1.42 bits per heavy atom. The van der Waals surface area contributed by atoms with Crippen molar-refractivity contribution in [1.29, 1.82) is 0 Å². The van der Waals surface area contributed by atoms with Gasteiger partial charge in [0.1, 0.15) is 0 Å². The highest BCUT2D eigenvalue weighted by molar-refractivity contribution is 7.12. The standard InChI is InChI=1S/C7H5N3OS/c11-6-2-1-3-9-10(6)7-8-4-5-12-7/h1-5H. The molecule has 0 aliphatic heterocycles. The average Bonchev–Trinajstić information content (AvgIpc) is 2.57. The fraction of sp³-hybridized carbons (Fsp3) is 0. The number of aromatic nitrogens is 3. The minimum Gasteiger partial charge on any atom is -0.267 e. The molecule has 5 heteroatoms. The van der Waals surface area contributed by atoms with Crippen molar-refractivity contribution in [2.45, 2.75) is 0 Å². The van der Waals surface area contributed by atoms with Gasteiger partial charge in [0.15, 0.2) is 0 Å². The summed E-state index contributed by atoms with van der Waals surface area (Å²) in [5, 5.41) is 6.27. The zero-order valence-corrected chi connectivity index (χ0v) is 6.86. The Morgan fingerprint density at radius 3 is 3.00 bits per heavy atom. The number of rotatable bonds is 1. The van der Waals surface area contributed by atoms with Crippen LogP contribution in [-0.2, 0) is 0 Å². The highest BCUT2D eigenvalue weighted by Gasteiger charge is 1.99. The van der Waals surface area contributed by atoms with Crippen LogP contribution < -0.4 is 5.56 Å². The summed E-state index contributed by atoms with van der Waals surface area (Å²) in [6.45, 7) is 0. The first-order valence-electron chi connectivity index (χ1n) is 3.32. The molecule has 0 N–H and O–H groups in total. The Morgan fingerprint density at radius 2 is 2.33 bits per heavy atom. The van der Waals surface area contributed by atoms with Gasteiger partial charge in [0.25, 0.3) is 5.56 Å². The van der Waals surface area contributed by atoms with E-state index in [4.69, 9.17) is 0 Å².